The topological polar surface area (TPSA) is 177 Å². The van der Waals surface area contributed by atoms with Crippen LogP contribution in [0.4, 0.5) is 0 Å². The third-order valence-corrected chi connectivity index (χ3v) is 0. The Labute approximate surface area is 137 Å². The van der Waals surface area contributed by atoms with Gasteiger partial charge in [-0.1, -0.05) is 0 Å². The summed E-state index contributed by atoms with van der Waals surface area (Å²) >= 11 is 0. The predicted octanol–water partition coefficient (Wildman–Crippen LogP) is -4.13. The Morgan fingerprint density at radius 1 is 0.357 bits per heavy atom. The van der Waals surface area contributed by atoms with Crippen LogP contribution in [-0.2, 0) is 96.1 Å². The Morgan fingerprint density at radius 2 is 0.357 bits per heavy atom. The van der Waals surface area contributed by atoms with Gasteiger partial charge in [-0.3, -0.25) is 20.4 Å². The first-order valence-electron chi connectivity index (χ1n) is 0.707. The van der Waals surface area contributed by atoms with Gasteiger partial charge in [0.15, 0.2) is 0 Å². The van der Waals surface area contributed by atoms with Crippen LogP contribution in [-0.4, -0.2) is 42.3 Å². The van der Waals surface area contributed by atoms with Crippen molar-refractivity contribution >= 4 is 20.4 Å². The van der Waals surface area contributed by atoms with Crippen LogP contribution in [0.5, 0.6) is 0 Å². The van der Waals surface area contributed by atoms with Crippen molar-refractivity contribution < 1.29 is 118 Å². The fourth-order valence-electron chi connectivity index (χ4n) is 0. The summed E-state index contributed by atoms with van der Waals surface area (Å²) in [6, 6.07) is 0. The van der Waals surface area contributed by atoms with Crippen molar-refractivity contribution in [2.24, 2.45) is 0 Å². The molecular weight excluding hydrogens is 893 g/mol. The molecule has 14 heavy (non-hydrogen) atoms. The Morgan fingerprint density at radius 3 is 0.357 bits per heavy atom. The van der Waals surface area contributed by atoms with Crippen LogP contribution in [0.25, 0.3) is 0 Å². The number of carbonyl (C=O) groups excluding carboxylic acids is 3. The van der Waals surface area contributed by atoms with Gasteiger partial charge in [0.05, 0.1) is 0 Å². The second-order valence-corrected chi connectivity index (χ2v) is 0. The Balaban J connectivity index is -0.000000000833. The van der Waals surface area contributed by atoms with Gasteiger partial charge in [0.1, 0.15) is 0 Å². The van der Waals surface area contributed by atoms with Gasteiger partial charge >= 0.3 is 0 Å². The number of hydrogen-bond donors (Lipinski definition) is 0. The second kappa shape index (κ2) is 1180. The Kier molecular flexibility index (Phi) is 13500. The van der Waals surface area contributed by atoms with Gasteiger partial charge < -0.3 is 36.3 Å². The van der Waals surface area contributed by atoms with Gasteiger partial charge in [0.25, 0.3) is 0 Å². The van der Waals surface area contributed by atoms with E-state index >= 15 is 0 Å². The fraction of sp³-hybridized carbons (Fsp3) is 0. The minimum Gasteiger partial charge on any atom is -0.545 e. The molecule has 0 rings (SSSR count). The van der Waals surface area contributed by atoms with E-state index in [1.165, 1.54) is 0 Å². The number of hydrogen-bond acceptors (Lipinski definition) is 3. The van der Waals surface area contributed by atoms with Crippen molar-refractivity contribution in [1.29, 1.82) is 0 Å². The first-order valence-corrected chi connectivity index (χ1v) is 0.707. The van der Waals surface area contributed by atoms with Crippen molar-refractivity contribution in [3.8, 4) is 0 Å². The molecule has 11 heteroatoms. The van der Waals surface area contributed by atoms with E-state index < -0.39 is 0 Å². The molecule has 0 heterocycles. The molecule has 0 aliphatic carbocycles. The zero-order valence-corrected chi connectivity index (χ0v) is 17.3. The summed E-state index contributed by atoms with van der Waals surface area (Å²) in [6.45, 7) is 9.75. The average Bonchev–Trinajstić information content (AvgIpc) is 1.81. The van der Waals surface area contributed by atoms with Crippen LogP contribution < -0.4 is 0 Å². The van der Waals surface area contributed by atoms with Gasteiger partial charge in [0.2, 0.25) is 0 Å². The molecule has 0 unspecified atom stereocenters. The summed E-state index contributed by atoms with van der Waals surface area (Å²) in [5.74, 6) is 0. The number of rotatable bonds is 0. The molecule has 0 saturated heterocycles. The van der Waals surface area contributed by atoms with Crippen molar-refractivity contribution in [2.75, 3.05) is 0 Å². The van der Waals surface area contributed by atoms with Gasteiger partial charge in [-0.2, -0.15) is 0 Å². The van der Waals surface area contributed by atoms with Crippen molar-refractivity contribution in [1.82, 2.24) is 0 Å². The van der Waals surface area contributed by atoms with Crippen LogP contribution >= 0.6 is 0 Å². The molecule has 0 saturated carbocycles. The molecule has 0 bridgehead atoms. The molecule has 8 N–H and O–H groups in total. The molecule has 0 aliphatic rings. The minimum absolute atomic E-state index is 0. The van der Waals surface area contributed by atoms with Gasteiger partial charge in [-0.25, -0.2) is 0 Å². The fourth-order valence-corrected chi connectivity index (χ4v) is 0. The van der Waals surface area contributed by atoms with Crippen molar-refractivity contribution in [3.63, 3.8) is 0 Å². The smallest absolute Gasteiger partial charge is 0 e. The maximum atomic E-state index is 7.75. The van der Waals surface area contributed by atoms with E-state index in [0.717, 1.165) is 0 Å². The van der Waals surface area contributed by atoms with Gasteiger partial charge in [-0.15, -0.1) is 0 Å². The quantitative estimate of drug-likeness (QED) is 0.178. The van der Waals surface area contributed by atoms with E-state index in [0.29, 0.717) is 0 Å². The zero-order chi connectivity index (χ0) is 6.00. The summed E-state index contributed by atoms with van der Waals surface area (Å²) in [5, 5.41) is 0. The van der Waals surface area contributed by atoms with Crippen LogP contribution in [0, 0.1) is 0 Å². The summed E-state index contributed by atoms with van der Waals surface area (Å²) in [7, 11) is 0. The first-order chi connectivity index (χ1) is 3.00. The molecule has 7 nitrogen and oxygen atoms in total. The summed E-state index contributed by atoms with van der Waals surface area (Å²) < 4.78 is 0. The van der Waals surface area contributed by atoms with Gasteiger partial charge in [0, 0.05) is 81.7 Å². The van der Waals surface area contributed by atoms with E-state index in [9.17, 15) is 0 Å². The molecule has 0 amide bonds. The van der Waals surface area contributed by atoms with E-state index in [4.69, 9.17) is 14.4 Å². The zero-order valence-electron chi connectivity index (χ0n) is 6.47. The molecule has 96 valence electrons. The third-order valence-electron chi connectivity index (χ3n) is 0. The van der Waals surface area contributed by atoms with E-state index in [-0.39, 0.29) is 104 Å². The third kappa shape index (κ3) is 938. The molecule has 0 spiro atoms. The molecule has 0 aromatic carbocycles. The molecule has 0 atom stereocenters. The van der Waals surface area contributed by atoms with Crippen LogP contribution in [0.3, 0.4) is 0 Å². The Hall–Kier alpha value is 1.50. The summed E-state index contributed by atoms with van der Waals surface area (Å²) in [6.07, 6.45) is 0. The molecule has 0 fully saturated rings. The van der Waals surface area contributed by atoms with Crippen molar-refractivity contribution in [3.05, 3.63) is 0 Å². The van der Waals surface area contributed by atoms with E-state index in [1.807, 2.05) is 0 Å². The molecule has 0 aliphatic heterocycles. The van der Waals surface area contributed by atoms with Crippen LogP contribution in [0.1, 0.15) is 0 Å². The first kappa shape index (κ1) is 161. The molecule has 0 aromatic heterocycles. The standard InChI is InChI=1S/3CHO.4H2O.4Re/c3*1-2;;;;;;;;/h3*1H;4*1H2;;;;/q3*-1;;;;;;;;. The van der Waals surface area contributed by atoms with Gasteiger partial charge in [-0.05, 0) is 0 Å². The minimum atomic E-state index is 0. The Bertz CT molecular complexity index is 25.7. The summed E-state index contributed by atoms with van der Waals surface area (Å²) in [5.41, 5.74) is 0. The predicted molar refractivity (Wildman–Crippen MR) is 34.7 cm³/mol. The maximum Gasteiger partial charge on any atom is 0 e. The van der Waals surface area contributed by atoms with E-state index in [2.05, 4.69) is 20.4 Å². The molecular formula is C3H11O7Re4-3. The average molecular weight is 904 g/mol. The van der Waals surface area contributed by atoms with Crippen LogP contribution in [0.15, 0.2) is 0 Å². The van der Waals surface area contributed by atoms with E-state index in [1.54, 1.807) is 0 Å². The summed E-state index contributed by atoms with van der Waals surface area (Å²) in [4.78, 5) is 23.2. The largest absolute Gasteiger partial charge is 0.545 e. The van der Waals surface area contributed by atoms with Crippen molar-refractivity contribution in [2.45, 2.75) is 0 Å². The maximum absolute atomic E-state index is 7.75. The second-order valence-electron chi connectivity index (χ2n) is 0. The van der Waals surface area contributed by atoms with Crippen LogP contribution in [0.2, 0.25) is 0 Å². The molecule has 4 radical (unpaired) electrons. The normalized spacial score (nSPS) is 0.857. The monoisotopic (exact) mass is 907 g/mol. The molecule has 0 aromatic rings. The SMILES string of the molecule is O.O.O.O.[CH-]=O.[CH-]=O.[CH-]=O.[Re].[Re].[Re].[Re].